The summed E-state index contributed by atoms with van der Waals surface area (Å²) in [5, 5.41) is 23.7. The first kappa shape index (κ1) is 30.3. The van der Waals surface area contributed by atoms with Gasteiger partial charge in [0.05, 0.1) is 6.42 Å². The molecule has 0 saturated carbocycles. The van der Waals surface area contributed by atoms with E-state index in [1.807, 2.05) is 0 Å². The van der Waals surface area contributed by atoms with Crippen molar-refractivity contribution in [3.05, 3.63) is 35.4 Å². The number of amidine groups is 1. The third-order valence-corrected chi connectivity index (χ3v) is 5.20. The van der Waals surface area contributed by atoms with Crippen LogP contribution in [0.15, 0.2) is 29.3 Å². The molecule has 0 fully saturated rings. The predicted molar refractivity (Wildman–Crippen MR) is 134 cm³/mol. The number of rotatable bonds is 15. The molecule has 15 nitrogen and oxygen atoms in total. The molecule has 13 N–H and O–H groups in total. The van der Waals surface area contributed by atoms with Gasteiger partial charge in [0.2, 0.25) is 23.6 Å². The van der Waals surface area contributed by atoms with Crippen LogP contribution in [-0.4, -0.2) is 72.2 Å². The van der Waals surface area contributed by atoms with Crippen molar-refractivity contribution in [3.8, 4) is 0 Å². The molecule has 2 unspecified atom stereocenters. The second kappa shape index (κ2) is 14.7. The van der Waals surface area contributed by atoms with Crippen molar-refractivity contribution >= 4 is 41.4 Å². The summed E-state index contributed by atoms with van der Waals surface area (Å²) in [6.07, 6.45) is -0.559. The Hall–Kier alpha value is -4.69. The molecule has 0 saturated heterocycles. The summed E-state index contributed by atoms with van der Waals surface area (Å²) < 4.78 is 0. The Kier molecular flexibility index (Phi) is 12.0. The largest absolute Gasteiger partial charge is 0.481 e. The molecule has 0 bridgehead atoms. The van der Waals surface area contributed by atoms with E-state index in [0.29, 0.717) is 11.1 Å². The number of nitrogens with two attached hydrogens (primary N) is 4. The topological polar surface area (TPSA) is 282 Å². The average Bonchev–Trinajstić information content (AvgIpc) is 2.82. The van der Waals surface area contributed by atoms with Crippen molar-refractivity contribution < 1.29 is 29.1 Å². The Morgan fingerprint density at radius 1 is 0.946 bits per heavy atom. The van der Waals surface area contributed by atoms with Crippen molar-refractivity contribution in [2.24, 2.45) is 33.8 Å². The molecule has 202 valence electrons. The highest BCUT2D eigenvalue weighted by Crippen LogP contribution is 2.12. The zero-order chi connectivity index (χ0) is 28.1. The second-order valence-corrected chi connectivity index (χ2v) is 8.05. The molecule has 37 heavy (non-hydrogen) atoms. The van der Waals surface area contributed by atoms with Gasteiger partial charge in [0.25, 0.3) is 0 Å². The predicted octanol–water partition coefficient (Wildman–Crippen LogP) is -3.14. The summed E-state index contributed by atoms with van der Waals surface area (Å²) in [5.41, 5.74) is 22.2. The highest BCUT2D eigenvalue weighted by Gasteiger charge is 2.32. The zero-order valence-electron chi connectivity index (χ0n) is 20.3. The van der Waals surface area contributed by atoms with Crippen LogP contribution in [0.25, 0.3) is 0 Å². The fraction of sp³-hybridized carbons (Fsp3) is 0.409. The van der Waals surface area contributed by atoms with Gasteiger partial charge in [-0.15, -0.1) is 0 Å². The second-order valence-electron chi connectivity index (χ2n) is 8.05. The van der Waals surface area contributed by atoms with Gasteiger partial charge in [0.15, 0.2) is 5.96 Å². The highest BCUT2D eigenvalue weighted by atomic mass is 16.4. The number of nitrogens with one attached hydrogen (secondary N) is 4. The van der Waals surface area contributed by atoms with Crippen LogP contribution in [0.4, 0.5) is 0 Å². The number of amides is 4. The fourth-order valence-corrected chi connectivity index (χ4v) is 3.25. The maximum absolute atomic E-state index is 13.0. The zero-order valence-corrected chi connectivity index (χ0v) is 20.3. The number of carboxylic acid groups (broad SMARTS) is 1. The van der Waals surface area contributed by atoms with E-state index in [9.17, 15) is 29.1 Å². The lowest BCUT2D eigenvalue weighted by atomic mass is 9.96. The van der Waals surface area contributed by atoms with Gasteiger partial charge in [-0.05, 0) is 24.8 Å². The van der Waals surface area contributed by atoms with Crippen LogP contribution in [0, 0.1) is 11.3 Å². The van der Waals surface area contributed by atoms with E-state index in [4.69, 9.17) is 28.3 Å². The minimum atomic E-state index is -1.60. The van der Waals surface area contributed by atoms with E-state index >= 15 is 0 Å². The van der Waals surface area contributed by atoms with Crippen LogP contribution >= 0.6 is 0 Å². The molecule has 0 aliphatic carbocycles. The van der Waals surface area contributed by atoms with Gasteiger partial charge >= 0.3 is 5.97 Å². The first-order valence-electron chi connectivity index (χ1n) is 11.2. The number of guanidine groups is 1. The van der Waals surface area contributed by atoms with Gasteiger partial charge in [-0.1, -0.05) is 24.3 Å². The molecular formula is C22H33N9O6. The number of hydrogen-bond acceptors (Lipinski definition) is 7. The molecule has 0 aliphatic heterocycles. The van der Waals surface area contributed by atoms with Crippen LogP contribution < -0.4 is 38.9 Å². The molecule has 0 aliphatic rings. The number of nitrogen functional groups attached to an aromatic ring is 1. The molecule has 3 atom stereocenters. The number of carbonyl (C=O) groups is 5. The maximum Gasteiger partial charge on any atom is 0.305 e. The summed E-state index contributed by atoms with van der Waals surface area (Å²) in [7, 11) is 1.32. The first-order chi connectivity index (χ1) is 17.3. The van der Waals surface area contributed by atoms with Crippen molar-refractivity contribution in [1.82, 2.24) is 16.0 Å². The molecule has 15 heteroatoms. The number of carbonyl (C=O) groups excluding carboxylic acids is 4. The van der Waals surface area contributed by atoms with Crippen LogP contribution in [0.2, 0.25) is 0 Å². The molecule has 1 rings (SSSR count). The van der Waals surface area contributed by atoms with Gasteiger partial charge in [-0.2, -0.15) is 0 Å². The van der Waals surface area contributed by atoms with E-state index in [1.54, 1.807) is 24.3 Å². The average molecular weight is 520 g/mol. The Morgan fingerprint density at radius 3 is 2.03 bits per heavy atom. The van der Waals surface area contributed by atoms with Crippen LogP contribution in [0.5, 0.6) is 0 Å². The fourth-order valence-electron chi connectivity index (χ4n) is 3.25. The SMILES string of the molecule is CNC(=O)[C@H](Cc1ccc(C(=N)N)cc1)C(=O)NC(CC(=O)O)C(=O)NC(CCCN=C(N)N)C(N)=O. The first-order valence-corrected chi connectivity index (χ1v) is 11.2. The smallest absolute Gasteiger partial charge is 0.305 e. The number of hydrogen-bond donors (Lipinski definition) is 9. The number of carboxylic acids is 1. The molecule has 0 heterocycles. The van der Waals surface area contributed by atoms with E-state index in [1.165, 1.54) is 7.05 Å². The van der Waals surface area contributed by atoms with Crippen molar-refractivity contribution in [2.75, 3.05) is 13.6 Å². The molecule has 1 aromatic rings. The summed E-state index contributed by atoms with van der Waals surface area (Å²) in [6.45, 7) is 0.165. The van der Waals surface area contributed by atoms with Gasteiger partial charge in [-0.25, -0.2) is 0 Å². The minimum Gasteiger partial charge on any atom is -0.481 e. The Balaban J connectivity index is 3.02. The lowest BCUT2D eigenvalue weighted by molar-refractivity contribution is -0.142. The van der Waals surface area contributed by atoms with Gasteiger partial charge < -0.3 is 44.0 Å². The quantitative estimate of drug-likeness (QED) is 0.0489. The molecule has 0 radical (unpaired) electrons. The van der Waals surface area contributed by atoms with Crippen molar-refractivity contribution in [1.29, 1.82) is 5.41 Å². The number of primary amides is 1. The van der Waals surface area contributed by atoms with Crippen LogP contribution in [0.3, 0.4) is 0 Å². The molecule has 1 aromatic carbocycles. The standard InChI is InChI=1S/C22H33N9O6/c1-28-19(35)13(9-11-4-6-12(7-5-11)17(23)24)20(36)31-15(10-16(32)33)21(37)30-14(18(25)34)3-2-8-29-22(26)27/h4-7,13-15H,2-3,8-10H2,1H3,(H3,23,24)(H2,25,34)(H,28,35)(H,30,37)(H,31,36)(H,32,33)(H4,26,27,29)/t13-,14?,15?/m0/s1. The monoisotopic (exact) mass is 519 g/mol. The van der Waals surface area contributed by atoms with E-state index in [0.717, 1.165) is 0 Å². The molecule has 4 amide bonds. The van der Waals surface area contributed by atoms with E-state index in [2.05, 4.69) is 20.9 Å². The number of aliphatic imine (C=N–C) groups is 1. The summed E-state index contributed by atoms with van der Waals surface area (Å²) >= 11 is 0. The minimum absolute atomic E-state index is 0.0582. The summed E-state index contributed by atoms with van der Waals surface area (Å²) in [6, 6.07) is 3.49. The van der Waals surface area contributed by atoms with Crippen molar-refractivity contribution in [3.63, 3.8) is 0 Å². The maximum atomic E-state index is 13.0. The van der Waals surface area contributed by atoms with Gasteiger partial charge in [0, 0.05) is 19.2 Å². The number of nitrogens with zero attached hydrogens (tertiary/aromatic N) is 1. The molecular weight excluding hydrogens is 486 g/mol. The van der Waals surface area contributed by atoms with Gasteiger partial charge in [-0.3, -0.25) is 34.4 Å². The number of aliphatic carboxylic acids is 1. The normalized spacial score (nSPS) is 12.8. The van der Waals surface area contributed by atoms with E-state index in [-0.39, 0.29) is 37.6 Å². The Bertz CT molecular complexity index is 1040. The molecule has 0 spiro atoms. The third kappa shape index (κ3) is 10.6. The third-order valence-electron chi connectivity index (χ3n) is 5.20. The van der Waals surface area contributed by atoms with Crippen LogP contribution in [-0.2, 0) is 30.4 Å². The lowest BCUT2D eigenvalue weighted by Gasteiger charge is -2.23. The Morgan fingerprint density at radius 2 is 1.54 bits per heavy atom. The van der Waals surface area contributed by atoms with E-state index < -0.39 is 54.0 Å². The van der Waals surface area contributed by atoms with Gasteiger partial charge in [0.1, 0.15) is 23.8 Å². The summed E-state index contributed by atoms with van der Waals surface area (Å²) in [4.78, 5) is 65.1. The summed E-state index contributed by atoms with van der Waals surface area (Å²) in [5.74, 6) is -6.44. The molecule has 0 aromatic heterocycles. The Labute approximate surface area is 212 Å². The highest BCUT2D eigenvalue weighted by molar-refractivity contribution is 6.02. The number of benzene rings is 1. The lowest BCUT2D eigenvalue weighted by Crippen LogP contribution is -2.55. The van der Waals surface area contributed by atoms with Crippen LogP contribution in [0.1, 0.15) is 30.4 Å². The van der Waals surface area contributed by atoms with Crippen molar-refractivity contribution in [2.45, 2.75) is 37.8 Å².